The molecule has 1 heterocycles. The Balaban J connectivity index is 2.52. The number of hydrogen-bond donors (Lipinski definition) is 1. The van der Waals surface area contributed by atoms with Crippen LogP contribution in [0.25, 0.3) is 0 Å². The minimum absolute atomic E-state index is 0.389. The Morgan fingerprint density at radius 1 is 1.50 bits per heavy atom. The zero-order valence-electron chi connectivity index (χ0n) is 7.84. The molecule has 0 aromatic heterocycles. The van der Waals surface area contributed by atoms with Crippen LogP contribution in [-0.4, -0.2) is 25.8 Å². The van der Waals surface area contributed by atoms with Gasteiger partial charge in [0, 0.05) is 6.54 Å². The first-order valence-electron chi connectivity index (χ1n) is 4.48. The third-order valence-electron chi connectivity index (χ3n) is 2.02. The lowest BCUT2D eigenvalue weighted by molar-refractivity contribution is 0.0879. The standard InChI is InChI=1S/C10H17NO/c1-3-5-9(4-2)10-8-12-7-6-11-10/h3-5,10-11H,6-8H2,1-2H3/b5-3-,9-4+. The van der Waals surface area contributed by atoms with Gasteiger partial charge in [0.25, 0.3) is 0 Å². The summed E-state index contributed by atoms with van der Waals surface area (Å²) in [5.41, 5.74) is 1.32. The zero-order valence-corrected chi connectivity index (χ0v) is 7.84. The quantitative estimate of drug-likeness (QED) is 0.629. The lowest BCUT2D eigenvalue weighted by Gasteiger charge is -2.24. The monoisotopic (exact) mass is 167 g/mol. The van der Waals surface area contributed by atoms with Gasteiger partial charge in [-0.2, -0.15) is 0 Å². The first-order valence-corrected chi connectivity index (χ1v) is 4.48. The number of allylic oxidation sites excluding steroid dienone is 2. The van der Waals surface area contributed by atoms with Crippen LogP contribution in [0.1, 0.15) is 13.8 Å². The van der Waals surface area contributed by atoms with Crippen LogP contribution in [0.2, 0.25) is 0 Å². The summed E-state index contributed by atoms with van der Waals surface area (Å²) in [4.78, 5) is 0. The van der Waals surface area contributed by atoms with Crippen LogP contribution in [0, 0.1) is 0 Å². The number of ether oxygens (including phenoxy) is 1. The van der Waals surface area contributed by atoms with E-state index < -0.39 is 0 Å². The van der Waals surface area contributed by atoms with Gasteiger partial charge in [-0.15, -0.1) is 0 Å². The summed E-state index contributed by atoms with van der Waals surface area (Å²) in [5, 5.41) is 3.41. The molecule has 2 heteroatoms. The van der Waals surface area contributed by atoms with E-state index in [9.17, 15) is 0 Å². The molecule has 1 saturated heterocycles. The van der Waals surface area contributed by atoms with E-state index in [0.29, 0.717) is 6.04 Å². The molecule has 0 aromatic rings. The molecule has 1 aliphatic rings. The molecule has 0 bridgehead atoms. The van der Waals surface area contributed by atoms with Gasteiger partial charge in [0.1, 0.15) is 0 Å². The van der Waals surface area contributed by atoms with Gasteiger partial charge in [-0.05, 0) is 19.4 Å². The van der Waals surface area contributed by atoms with Gasteiger partial charge in [0.05, 0.1) is 19.3 Å². The van der Waals surface area contributed by atoms with Crippen LogP contribution in [0.3, 0.4) is 0 Å². The predicted molar refractivity (Wildman–Crippen MR) is 51.2 cm³/mol. The third-order valence-corrected chi connectivity index (χ3v) is 2.02. The van der Waals surface area contributed by atoms with Crippen LogP contribution < -0.4 is 5.32 Å². The molecular formula is C10H17NO. The van der Waals surface area contributed by atoms with E-state index in [2.05, 4.69) is 30.5 Å². The van der Waals surface area contributed by atoms with Gasteiger partial charge in [-0.25, -0.2) is 0 Å². The van der Waals surface area contributed by atoms with E-state index in [1.807, 2.05) is 6.92 Å². The number of morpholine rings is 1. The number of nitrogens with one attached hydrogen (secondary N) is 1. The molecular weight excluding hydrogens is 150 g/mol. The van der Waals surface area contributed by atoms with Gasteiger partial charge < -0.3 is 10.1 Å². The predicted octanol–water partition coefficient (Wildman–Crippen LogP) is 1.50. The maximum Gasteiger partial charge on any atom is 0.0662 e. The van der Waals surface area contributed by atoms with E-state index in [4.69, 9.17) is 4.74 Å². The molecule has 0 amide bonds. The molecule has 0 aromatic carbocycles. The number of rotatable bonds is 2. The van der Waals surface area contributed by atoms with E-state index in [0.717, 1.165) is 19.8 Å². The van der Waals surface area contributed by atoms with E-state index in [1.165, 1.54) is 5.57 Å². The summed E-state index contributed by atoms with van der Waals surface area (Å²) in [6, 6.07) is 0.389. The Kier molecular flexibility index (Phi) is 4.05. The lowest BCUT2D eigenvalue weighted by Crippen LogP contribution is -2.42. The van der Waals surface area contributed by atoms with Gasteiger partial charge >= 0.3 is 0 Å². The molecule has 0 spiro atoms. The van der Waals surface area contributed by atoms with Gasteiger partial charge in [-0.1, -0.05) is 18.2 Å². The Morgan fingerprint density at radius 3 is 2.83 bits per heavy atom. The maximum atomic E-state index is 5.37. The molecule has 1 unspecified atom stereocenters. The Morgan fingerprint density at radius 2 is 2.33 bits per heavy atom. The van der Waals surface area contributed by atoms with E-state index in [1.54, 1.807) is 0 Å². The Labute approximate surface area is 74.3 Å². The minimum Gasteiger partial charge on any atom is -0.378 e. The Hall–Kier alpha value is -0.600. The molecule has 12 heavy (non-hydrogen) atoms. The molecule has 0 aliphatic carbocycles. The van der Waals surface area contributed by atoms with Crippen LogP contribution in [0.5, 0.6) is 0 Å². The van der Waals surface area contributed by atoms with E-state index in [-0.39, 0.29) is 0 Å². The molecule has 68 valence electrons. The lowest BCUT2D eigenvalue weighted by atomic mass is 10.1. The molecule has 1 fully saturated rings. The summed E-state index contributed by atoms with van der Waals surface area (Å²) in [6.07, 6.45) is 6.32. The largest absolute Gasteiger partial charge is 0.378 e. The summed E-state index contributed by atoms with van der Waals surface area (Å²) < 4.78 is 5.37. The van der Waals surface area contributed by atoms with Crippen molar-refractivity contribution in [1.29, 1.82) is 0 Å². The van der Waals surface area contributed by atoms with Crippen molar-refractivity contribution in [3.8, 4) is 0 Å². The van der Waals surface area contributed by atoms with Crippen LogP contribution in [-0.2, 0) is 4.74 Å². The minimum atomic E-state index is 0.389. The van der Waals surface area contributed by atoms with Gasteiger partial charge in [0.15, 0.2) is 0 Å². The van der Waals surface area contributed by atoms with Crippen molar-refractivity contribution >= 4 is 0 Å². The van der Waals surface area contributed by atoms with Crippen LogP contribution >= 0.6 is 0 Å². The first-order chi connectivity index (χ1) is 5.88. The molecule has 0 radical (unpaired) electrons. The average Bonchev–Trinajstić information content (AvgIpc) is 2.15. The molecule has 1 atom stereocenters. The second-order valence-electron chi connectivity index (χ2n) is 2.87. The highest BCUT2D eigenvalue weighted by Gasteiger charge is 2.14. The highest BCUT2D eigenvalue weighted by molar-refractivity contribution is 5.24. The van der Waals surface area contributed by atoms with Crippen molar-refractivity contribution in [3.05, 3.63) is 23.8 Å². The maximum absolute atomic E-state index is 5.37. The summed E-state index contributed by atoms with van der Waals surface area (Å²) in [5.74, 6) is 0. The second-order valence-corrected chi connectivity index (χ2v) is 2.87. The van der Waals surface area contributed by atoms with Crippen LogP contribution in [0.15, 0.2) is 23.8 Å². The second kappa shape index (κ2) is 5.12. The molecule has 1 aliphatic heterocycles. The fourth-order valence-electron chi connectivity index (χ4n) is 1.39. The van der Waals surface area contributed by atoms with Crippen molar-refractivity contribution in [2.45, 2.75) is 19.9 Å². The fraction of sp³-hybridized carbons (Fsp3) is 0.600. The average molecular weight is 167 g/mol. The molecule has 1 rings (SSSR count). The van der Waals surface area contributed by atoms with Crippen molar-refractivity contribution in [3.63, 3.8) is 0 Å². The fourth-order valence-corrected chi connectivity index (χ4v) is 1.39. The van der Waals surface area contributed by atoms with E-state index >= 15 is 0 Å². The van der Waals surface area contributed by atoms with Crippen LogP contribution in [0.4, 0.5) is 0 Å². The normalized spacial score (nSPS) is 26.5. The summed E-state index contributed by atoms with van der Waals surface area (Å²) in [6.45, 7) is 6.69. The zero-order chi connectivity index (χ0) is 8.81. The Bertz CT molecular complexity index is 178. The highest BCUT2D eigenvalue weighted by Crippen LogP contribution is 2.07. The molecule has 0 saturated carbocycles. The molecule has 2 nitrogen and oxygen atoms in total. The highest BCUT2D eigenvalue weighted by atomic mass is 16.5. The topological polar surface area (TPSA) is 21.3 Å². The smallest absolute Gasteiger partial charge is 0.0662 e. The van der Waals surface area contributed by atoms with Gasteiger partial charge in [-0.3, -0.25) is 0 Å². The van der Waals surface area contributed by atoms with Crippen molar-refractivity contribution in [2.24, 2.45) is 0 Å². The van der Waals surface area contributed by atoms with Crippen molar-refractivity contribution < 1.29 is 4.74 Å². The molecule has 1 N–H and O–H groups in total. The van der Waals surface area contributed by atoms with Gasteiger partial charge in [0.2, 0.25) is 0 Å². The third kappa shape index (κ3) is 2.47. The summed E-state index contributed by atoms with van der Waals surface area (Å²) in [7, 11) is 0. The summed E-state index contributed by atoms with van der Waals surface area (Å²) >= 11 is 0. The van der Waals surface area contributed by atoms with Crippen molar-refractivity contribution in [2.75, 3.05) is 19.8 Å². The SMILES string of the molecule is C/C=C\C(=C/C)C1COCCN1. The van der Waals surface area contributed by atoms with Crippen molar-refractivity contribution in [1.82, 2.24) is 5.32 Å². The number of hydrogen-bond acceptors (Lipinski definition) is 2. The first kappa shape index (κ1) is 9.49.